The molecule has 10 heteroatoms. The molecule has 0 spiro atoms. The number of imidazole rings is 1. The van der Waals surface area contributed by atoms with E-state index in [0.29, 0.717) is 0 Å². The van der Waals surface area contributed by atoms with E-state index in [1.807, 2.05) is 48.8 Å². The van der Waals surface area contributed by atoms with Crippen molar-refractivity contribution in [3.05, 3.63) is 162 Å². The van der Waals surface area contributed by atoms with E-state index in [2.05, 4.69) is 150 Å². The van der Waals surface area contributed by atoms with Gasteiger partial charge in [0.05, 0.1) is 0 Å². The number of nitrogens with zero attached hydrogens (tertiary/aromatic N) is 6. The Morgan fingerprint density at radius 1 is 0.660 bits per heavy atom. The molecule has 0 N–H and O–H groups in total. The number of hydrogen-bond acceptors (Lipinski definition) is 6. The van der Waals surface area contributed by atoms with Crippen LogP contribution in [0.5, 0.6) is 5.75 Å². The molecule has 0 fully saturated rings. The first kappa shape index (κ1) is 34.5. The Morgan fingerprint density at radius 3 is 2.15 bits per heavy atom. The fourth-order valence-corrected chi connectivity index (χ4v) is 7.78. The molecule has 261 valence electrons. The van der Waals surface area contributed by atoms with Gasteiger partial charge in [-0.25, -0.2) is 4.98 Å². The Hall–Kier alpha value is -5.56. The summed E-state index contributed by atoms with van der Waals surface area (Å²) < 4.78 is 8.92. The van der Waals surface area contributed by atoms with E-state index < -0.39 is 7.19 Å². The molecule has 0 amide bonds. The van der Waals surface area contributed by atoms with Gasteiger partial charge in [0.2, 0.25) is 0 Å². The van der Waals surface area contributed by atoms with Gasteiger partial charge in [0.25, 0.3) is 0 Å². The minimum Gasteiger partial charge on any atom is -0.523 e. The number of para-hydroxylation sites is 3. The topological polar surface area (TPSA) is 49.7 Å². The molecule has 1 radical (unpaired) electrons. The van der Waals surface area contributed by atoms with Crippen molar-refractivity contribution < 1.29 is 24.8 Å². The first-order valence-electron chi connectivity index (χ1n) is 17.6. The third-order valence-electron chi connectivity index (χ3n) is 10.5. The van der Waals surface area contributed by atoms with E-state index in [0.717, 1.165) is 51.1 Å². The molecule has 0 unspecified atom stereocenters. The standard InChI is InChI=1S/C25H19BN3O.C18H17BN3.Ir/c1-17-15-25(27-16-18(17)2)29-23-13-7-6-12-22(23)28-21-11-5-3-9-19(21)20-10-4-8-14-24(20)30-26(28)29;1-13-7-6-8-14(2)17(13)19-21(3)16-10-5-4-9-15(16)18-20-11-12-22(18)19;/h3-12,14-16H,1-2H3;4-8,10-12H,1-3H3;/q2*-1;. The van der Waals surface area contributed by atoms with Gasteiger partial charge in [-0.2, -0.15) is 18.2 Å². The fraction of sp³-hybridized carbons (Fsp3) is 0.116. The Morgan fingerprint density at radius 2 is 1.36 bits per heavy atom. The largest absolute Gasteiger partial charge is 0.616 e. The van der Waals surface area contributed by atoms with Crippen molar-refractivity contribution in [2.24, 2.45) is 0 Å². The normalized spacial score (nSPS) is 13.2. The van der Waals surface area contributed by atoms with Crippen LogP contribution in [-0.4, -0.2) is 35.7 Å². The van der Waals surface area contributed by atoms with Gasteiger partial charge >= 0.3 is 14.2 Å². The quantitative estimate of drug-likeness (QED) is 0.129. The average Bonchev–Trinajstić information content (AvgIpc) is 3.74. The maximum Gasteiger partial charge on any atom is 0.616 e. The number of aromatic nitrogens is 3. The van der Waals surface area contributed by atoms with Gasteiger partial charge in [0.1, 0.15) is 11.6 Å². The second-order valence-electron chi connectivity index (χ2n) is 13.6. The van der Waals surface area contributed by atoms with Gasteiger partial charge < -0.3 is 23.6 Å². The Labute approximate surface area is 325 Å². The predicted octanol–water partition coefficient (Wildman–Crippen LogP) is 8.49. The summed E-state index contributed by atoms with van der Waals surface area (Å²) in [7, 11) is 1.75. The number of hydrogen-bond donors (Lipinski definition) is 0. The van der Waals surface area contributed by atoms with E-state index in [9.17, 15) is 0 Å². The summed E-state index contributed by atoms with van der Waals surface area (Å²) in [4.78, 5) is 16.0. The van der Waals surface area contributed by atoms with Crippen LogP contribution < -0.4 is 24.5 Å². The summed E-state index contributed by atoms with van der Waals surface area (Å²) in [6.07, 6.45) is 5.86. The zero-order chi connectivity index (χ0) is 35.5. The van der Waals surface area contributed by atoms with Crippen LogP contribution in [0.2, 0.25) is 0 Å². The molecule has 53 heavy (non-hydrogen) atoms. The molecule has 3 aliphatic heterocycles. The SMILES string of the molecule is Cc1cccc(C)c1B1N(C)c2ccc[c-]c2-c2nccn21.Cc1cnc(N2B3Oc4ccccc4-c4ccccc4N3c3ccc[c-]c32)cc1C.[Ir]. The molecule has 0 saturated heterocycles. The summed E-state index contributed by atoms with van der Waals surface area (Å²) in [5.74, 6) is 2.70. The molecule has 0 saturated carbocycles. The van der Waals surface area contributed by atoms with E-state index in [4.69, 9.17) is 9.64 Å². The number of benzene rings is 5. The Balaban J connectivity index is 0.000000155. The first-order chi connectivity index (χ1) is 25.4. The van der Waals surface area contributed by atoms with Crippen LogP contribution in [0, 0.1) is 39.8 Å². The van der Waals surface area contributed by atoms with Crippen molar-refractivity contribution >= 4 is 48.2 Å². The summed E-state index contributed by atoms with van der Waals surface area (Å²) >= 11 is 0. The summed E-state index contributed by atoms with van der Waals surface area (Å²) in [6.45, 7) is 8.68. The zero-order valence-corrected chi connectivity index (χ0v) is 32.6. The summed E-state index contributed by atoms with van der Waals surface area (Å²) in [6, 6.07) is 44.3. The van der Waals surface area contributed by atoms with Crippen LogP contribution in [0.3, 0.4) is 0 Å². The monoisotopic (exact) mass is 867 g/mol. The van der Waals surface area contributed by atoms with E-state index in [-0.39, 0.29) is 27.1 Å². The zero-order valence-electron chi connectivity index (χ0n) is 30.2. The third-order valence-corrected chi connectivity index (χ3v) is 10.5. The predicted molar refractivity (Wildman–Crippen MR) is 213 cm³/mol. The maximum atomic E-state index is 6.67. The van der Waals surface area contributed by atoms with Crippen molar-refractivity contribution in [1.29, 1.82) is 0 Å². The molecule has 2 aromatic heterocycles. The van der Waals surface area contributed by atoms with Crippen molar-refractivity contribution in [3.63, 3.8) is 0 Å². The van der Waals surface area contributed by atoms with Crippen molar-refractivity contribution in [3.8, 4) is 28.3 Å². The van der Waals surface area contributed by atoms with Crippen LogP contribution >= 0.6 is 0 Å². The van der Waals surface area contributed by atoms with Crippen LogP contribution in [0.15, 0.2) is 128 Å². The minimum atomic E-state index is -0.391. The fourth-order valence-electron chi connectivity index (χ4n) is 7.78. The Bertz CT molecular complexity index is 2470. The first-order valence-corrected chi connectivity index (χ1v) is 17.6. The molecule has 10 rings (SSSR count). The molecule has 5 aromatic carbocycles. The van der Waals surface area contributed by atoms with Gasteiger partial charge in [-0.05, 0) is 69.5 Å². The van der Waals surface area contributed by atoms with E-state index >= 15 is 0 Å². The van der Waals surface area contributed by atoms with Gasteiger partial charge in [-0.3, -0.25) is 4.98 Å². The minimum absolute atomic E-state index is 0. The van der Waals surface area contributed by atoms with Crippen LogP contribution in [-0.2, 0) is 20.1 Å². The van der Waals surface area contributed by atoms with Crippen LogP contribution in [0.1, 0.15) is 22.3 Å². The number of aryl methyl sites for hydroxylation is 4. The van der Waals surface area contributed by atoms with E-state index in [1.165, 1.54) is 33.4 Å². The van der Waals surface area contributed by atoms with Crippen molar-refractivity contribution in [2.75, 3.05) is 21.5 Å². The molecule has 7 nitrogen and oxygen atoms in total. The molecule has 5 heterocycles. The molecule has 3 aliphatic rings. The molecule has 0 bridgehead atoms. The molecule has 0 aliphatic carbocycles. The van der Waals surface area contributed by atoms with Gasteiger partial charge in [-0.15, -0.1) is 30.3 Å². The molecule has 7 aromatic rings. The molecule has 0 atom stereocenters. The maximum absolute atomic E-state index is 6.67. The smallest absolute Gasteiger partial charge is 0.523 e. The third kappa shape index (κ3) is 5.65. The van der Waals surface area contributed by atoms with Crippen LogP contribution in [0.4, 0.5) is 28.6 Å². The second kappa shape index (κ2) is 13.8. The molecular formula is C43H36B2IrN6O-2. The van der Waals surface area contributed by atoms with Crippen LogP contribution in [0.25, 0.3) is 22.5 Å². The average molecular weight is 867 g/mol. The van der Waals surface area contributed by atoms with Crippen molar-refractivity contribution in [1.82, 2.24) is 14.4 Å². The number of rotatable bonds is 2. The number of fused-ring (bicyclic) bond motifs is 10. The second-order valence-corrected chi connectivity index (χ2v) is 13.6. The number of pyridine rings is 1. The van der Waals surface area contributed by atoms with Gasteiger partial charge in [-0.1, -0.05) is 88.3 Å². The Kier molecular flexibility index (Phi) is 8.97. The van der Waals surface area contributed by atoms with Gasteiger partial charge in [0, 0.05) is 61.3 Å². The van der Waals surface area contributed by atoms with Gasteiger partial charge in [0.15, 0.2) is 0 Å². The summed E-state index contributed by atoms with van der Waals surface area (Å²) in [5.41, 5.74) is 14.0. The molecular weight excluding hydrogens is 830 g/mol. The number of anilines is 5. The van der Waals surface area contributed by atoms with Crippen molar-refractivity contribution in [2.45, 2.75) is 27.7 Å². The summed E-state index contributed by atoms with van der Waals surface area (Å²) in [5, 5.41) is 0. The van der Waals surface area contributed by atoms with E-state index in [1.54, 1.807) is 0 Å².